The lowest BCUT2D eigenvalue weighted by molar-refractivity contribution is -0.142. The van der Waals surface area contributed by atoms with E-state index < -0.39 is 17.9 Å². The number of hydrogen-bond acceptors (Lipinski definition) is 4. The van der Waals surface area contributed by atoms with E-state index in [-0.39, 0.29) is 19.2 Å². The fourth-order valence-electron chi connectivity index (χ4n) is 2.63. The molecule has 3 atom stereocenters. The summed E-state index contributed by atoms with van der Waals surface area (Å²) in [7, 11) is 1.72. The number of carbonyl (C=O) groups is 2. The number of carbonyl (C=O) groups excluding carboxylic acids is 1. The molecule has 2 fully saturated rings. The standard InChI is InChI=1S/C13H22N2O5/c1-15(5-9-3-2-4-19-6-9)13(18)14-11-8-20-7-10(11)12(16)17/h9-11H,2-8H2,1H3,(H,14,18)(H,16,17). The van der Waals surface area contributed by atoms with Gasteiger partial charge >= 0.3 is 12.0 Å². The number of aliphatic carboxylic acids is 1. The average molecular weight is 286 g/mol. The van der Waals surface area contributed by atoms with Gasteiger partial charge in [-0.25, -0.2) is 4.79 Å². The smallest absolute Gasteiger partial charge is 0.317 e. The quantitative estimate of drug-likeness (QED) is 0.768. The van der Waals surface area contributed by atoms with E-state index in [0.717, 1.165) is 19.4 Å². The summed E-state index contributed by atoms with van der Waals surface area (Å²) in [6, 6.07) is -0.706. The van der Waals surface area contributed by atoms with Gasteiger partial charge in [-0.1, -0.05) is 0 Å². The molecule has 3 unspecified atom stereocenters. The Morgan fingerprint density at radius 2 is 2.10 bits per heavy atom. The highest BCUT2D eigenvalue weighted by Gasteiger charge is 2.35. The molecule has 0 saturated carbocycles. The maximum atomic E-state index is 12.1. The molecule has 2 rings (SSSR count). The summed E-state index contributed by atoms with van der Waals surface area (Å²) in [6.45, 7) is 2.51. The Morgan fingerprint density at radius 3 is 2.75 bits per heavy atom. The molecular formula is C13H22N2O5. The number of nitrogens with one attached hydrogen (secondary N) is 1. The molecule has 0 aromatic rings. The summed E-state index contributed by atoms with van der Waals surface area (Å²) in [6.07, 6.45) is 2.08. The van der Waals surface area contributed by atoms with Gasteiger partial charge in [-0.05, 0) is 12.8 Å². The van der Waals surface area contributed by atoms with Crippen molar-refractivity contribution in [1.29, 1.82) is 0 Å². The molecule has 2 N–H and O–H groups in total. The van der Waals surface area contributed by atoms with Crippen LogP contribution in [0.4, 0.5) is 4.79 Å². The molecule has 7 heteroatoms. The van der Waals surface area contributed by atoms with Gasteiger partial charge in [0, 0.05) is 26.1 Å². The topological polar surface area (TPSA) is 88.1 Å². The van der Waals surface area contributed by atoms with Gasteiger partial charge in [-0.3, -0.25) is 4.79 Å². The van der Waals surface area contributed by atoms with Gasteiger partial charge in [-0.15, -0.1) is 0 Å². The predicted molar refractivity (Wildman–Crippen MR) is 70.4 cm³/mol. The monoisotopic (exact) mass is 286 g/mol. The van der Waals surface area contributed by atoms with E-state index in [1.165, 1.54) is 0 Å². The van der Waals surface area contributed by atoms with Crippen molar-refractivity contribution in [3.05, 3.63) is 0 Å². The Hall–Kier alpha value is -1.34. The van der Waals surface area contributed by atoms with Crippen LogP contribution in [0.2, 0.25) is 0 Å². The number of ether oxygens (including phenoxy) is 2. The van der Waals surface area contributed by atoms with E-state index in [2.05, 4.69) is 5.32 Å². The van der Waals surface area contributed by atoms with E-state index in [0.29, 0.717) is 19.1 Å². The normalized spacial score (nSPS) is 29.9. The number of carboxylic acid groups (broad SMARTS) is 1. The lowest BCUT2D eigenvalue weighted by atomic mass is 10.0. The van der Waals surface area contributed by atoms with Crippen LogP contribution in [0.25, 0.3) is 0 Å². The highest BCUT2D eigenvalue weighted by Crippen LogP contribution is 2.16. The second kappa shape index (κ2) is 6.90. The lowest BCUT2D eigenvalue weighted by Crippen LogP contribution is -2.49. The molecule has 114 valence electrons. The summed E-state index contributed by atoms with van der Waals surface area (Å²) >= 11 is 0. The minimum Gasteiger partial charge on any atom is -0.481 e. The number of rotatable bonds is 4. The molecule has 0 aromatic carbocycles. The Kier molecular flexibility index (Phi) is 5.19. The highest BCUT2D eigenvalue weighted by molar-refractivity contribution is 5.77. The van der Waals surface area contributed by atoms with E-state index in [1.54, 1.807) is 11.9 Å². The molecule has 2 aliphatic rings. The molecule has 0 bridgehead atoms. The lowest BCUT2D eigenvalue weighted by Gasteiger charge is -2.28. The third-order valence-electron chi connectivity index (χ3n) is 3.84. The van der Waals surface area contributed by atoms with Gasteiger partial charge in [0.1, 0.15) is 5.92 Å². The fraction of sp³-hybridized carbons (Fsp3) is 0.846. The molecule has 0 spiro atoms. The highest BCUT2D eigenvalue weighted by atomic mass is 16.5. The van der Waals surface area contributed by atoms with Crippen LogP contribution in [0.15, 0.2) is 0 Å². The molecule has 0 radical (unpaired) electrons. The predicted octanol–water partition coefficient (Wildman–Crippen LogP) is 0.154. The first-order valence-electron chi connectivity index (χ1n) is 6.98. The first-order valence-corrected chi connectivity index (χ1v) is 6.98. The maximum absolute atomic E-state index is 12.1. The Morgan fingerprint density at radius 1 is 1.30 bits per heavy atom. The van der Waals surface area contributed by atoms with E-state index in [9.17, 15) is 9.59 Å². The molecule has 0 aromatic heterocycles. The molecular weight excluding hydrogens is 264 g/mol. The van der Waals surface area contributed by atoms with Crippen LogP contribution in [0, 0.1) is 11.8 Å². The molecule has 20 heavy (non-hydrogen) atoms. The summed E-state index contributed by atoms with van der Waals surface area (Å²) in [5, 5.41) is 11.8. The first-order chi connectivity index (χ1) is 9.58. The molecule has 7 nitrogen and oxygen atoms in total. The van der Waals surface area contributed by atoms with Crippen LogP contribution in [0.1, 0.15) is 12.8 Å². The second-order valence-corrected chi connectivity index (χ2v) is 5.50. The SMILES string of the molecule is CN(CC1CCCOC1)C(=O)NC1COCC1C(=O)O. The second-order valence-electron chi connectivity index (χ2n) is 5.50. The van der Waals surface area contributed by atoms with Crippen LogP contribution >= 0.6 is 0 Å². The van der Waals surface area contributed by atoms with Crippen molar-refractivity contribution >= 4 is 12.0 Å². The number of amides is 2. The number of hydrogen-bond donors (Lipinski definition) is 2. The van der Waals surface area contributed by atoms with Crippen LogP contribution in [-0.2, 0) is 14.3 Å². The van der Waals surface area contributed by atoms with Crippen molar-refractivity contribution in [3.63, 3.8) is 0 Å². The minimum absolute atomic E-state index is 0.153. The van der Waals surface area contributed by atoms with Crippen molar-refractivity contribution in [2.45, 2.75) is 18.9 Å². The van der Waals surface area contributed by atoms with Gasteiger partial charge in [0.25, 0.3) is 0 Å². The zero-order valence-electron chi connectivity index (χ0n) is 11.7. The van der Waals surface area contributed by atoms with Crippen LogP contribution in [-0.4, -0.2) is 68.1 Å². The third kappa shape index (κ3) is 3.83. The number of carboxylic acids is 1. The average Bonchev–Trinajstić information content (AvgIpc) is 2.88. The van der Waals surface area contributed by atoms with Crippen LogP contribution < -0.4 is 5.32 Å². The summed E-state index contributed by atoms with van der Waals surface area (Å²) in [5.74, 6) is -1.24. The Balaban J connectivity index is 1.79. The maximum Gasteiger partial charge on any atom is 0.317 e. The largest absolute Gasteiger partial charge is 0.481 e. The minimum atomic E-state index is -0.934. The fourth-order valence-corrected chi connectivity index (χ4v) is 2.63. The molecule has 2 heterocycles. The summed E-state index contributed by atoms with van der Waals surface area (Å²) in [5.41, 5.74) is 0. The Labute approximate surface area is 118 Å². The van der Waals surface area contributed by atoms with Crippen molar-refractivity contribution in [2.75, 3.05) is 40.0 Å². The van der Waals surface area contributed by atoms with Crippen molar-refractivity contribution in [3.8, 4) is 0 Å². The number of nitrogens with zero attached hydrogens (tertiary/aromatic N) is 1. The van der Waals surface area contributed by atoms with Crippen molar-refractivity contribution in [2.24, 2.45) is 11.8 Å². The Bertz CT molecular complexity index is 357. The summed E-state index contributed by atoms with van der Waals surface area (Å²) < 4.78 is 10.5. The third-order valence-corrected chi connectivity index (χ3v) is 3.84. The van der Waals surface area contributed by atoms with E-state index in [1.807, 2.05) is 0 Å². The van der Waals surface area contributed by atoms with Crippen molar-refractivity contribution < 1.29 is 24.2 Å². The van der Waals surface area contributed by atoms with Gasteiger partial charge < -0.3 is 24.8 Å². The van der Waals surface area contributed by atoms with Crippen LogP contribution in [0.3, 0.4) is 0 Å². The van der Waals surface area contributed by atoms with Gasteiger partial charge in [0.15, 0.2) is 0 Å². The van der Waals surface area contributed by atoms with E-state index in [4.69, 9.17) is 14.6 Å². The van der Waals surface area contributed by atoms with Gasteiger partial charge in [0.05, 0.1) is 25.9 Å². The zero-order valence-corrected chi connectivity index (χ0v) is 11.7. The zero-order chi connectivity index (χ0) is 14.5. The van der Waals surface area contributed by atoms with Gasteiger partial charge in [0.2, 0.25) is 0 Å². The first kappa shape index (κ1) is 15.1. The molecule has 2 aliphatic heterocycles. The van der Waals surface area contributed by atoms with Crippen molar-refractivity contribution in [1.82, 2.24) is 10.2 Å². The van der Waals surface area contributed by atoms with Gasteiger partial charge in [-0.2, -0.15) is 0 Å². The summed E-state index contributed by atoms with van der Waals surface area (Å²) in [4.78, 5) is 24.7. The molecule has 2 amide bonds. The van der Waals surface area contributed by atoms with Crippen LogP contribution in [0.5, 0.6) is 0 Å². The molecule has 0 aliphatic carbocycles. The number of urea groups is 1. The molecule has 2 saturated heterocycles. The van der Waals surface area contributed by atoms with E-state index >= 15 is 0 Å².